The summed E-state index contributed by atoms with van der Waals surface area (Å²) in [6.45, 7) is 2.35. The van der Waals surface area contributed by atoms with E-state index >= 15 is 0 Å². The van der Waals surface area contributed by atoms with Crippen molar-refractivity contribution in [1.82, 2.24) is 14.1 Å². The van der Waals surface area contributed by atoms with E-state index in [0.29, 0.717) is 51.6 Å². The quantitative estimate of drug-likeness (QED) is 0.622. The fourth-order valence-electron chi connectivity index (χ4n) is 4.48. The number of alkyl halides is 3. The second-order valence-corrected chi connectivity index (χ2v) is 9.80. The Hall–Kier alpha value is -1.11. The van der Waals surface area contributed by atoms with Crippen molar-refractivity contribution < 1.29 is 22.6 Å². The van der Waals surface area contributed by atoms with Gasteiger partial charge in [0.1, 0.15) is 0 Å². The lowest BCUT2D eigenvalue weighted by atomic mass is 9.89. The van der Waals surface area contributed by atoms with Crippen molar-refractivity contribution in [3.63, 3.8) is 0 Å². The topological polar surface area (TPSA) is 78.2 Å². The molecular weight excluding hydrogens is 455 g/mol. The number of rotatable bonds is 6. The molecular formula is C19H28F3N3O4S2. The van der Waals surface area contributed by atoms with Gasteiger partial charge in [0, 0.05) is 24.9 Å². The normalized spacial score (nSPS) is 29.8. The predicted molar refractivity (Wildman–Crippen MR) is 114 cm³/mol. The van der Waals surface area contributed by atoms with Crippen LogP contribution < -0.4 is 11.4 Å². The molecule has 1 aromatic heterocycles. The third-order valence-corrected chi connectivity index (χ3v) is 7.34. The molecule has 1 heterocycles. The summed E-state index contributed by atoms with van der Waals surface area (Å²) in [5.41, 5.74) is -5.21. The minimum atomic E-state index is -4.20. The van der Waals surface area contributed by atoms with Crippen LogP contribution in [0.5, 0.6) is 0 Å². The lowest BCUT2D eigenvalue weighted by Crippen LogP contribution is -2.46. The lowest BCUT2D eigenvalue weighted by Gasteiger charge is -2.39. The van der Waals surface area contributed by atoms with Gasteiger partial charge in [-0.15, -0.1) is 0 Å². The molecule has 2 aliphatic rings. The maximum absolute atomic E-state index is 12.6. The lowest BCUT2D eigenvalue weighted by molar-refractivity contribution is -0.130. The molecule has 0 aromatic carbocycles. The third kappa shape index (κ3) is 6.23. The van der Waals surface area contributed by atoms with Gasteiger partial charge in [-0.2, -0.15) is 13.2 Å². The van der Waals surface area contributed by atoms with Crippen LogP contribution in [-0.2, 0) is 16.5 Å². The SMILES string of the molecule is CCOC1CC(n2c(=S)[nH]c(=O)n(C)c2=O)CCC1OC1CCC(SC(F)(F)F)CC1. The Morgan fingerprint density at radius 2 is 1.81 bits per heavy atom. The Kier molecular flexibility index (Phi) is 8.09. The first-order chi connectivity index (χ1) is 14.6. The van der Waals surface area contributed by atoms with Gasteiger partial charge >= 0.3 is 16.9 Å². The predicted octanol–water partition coefficient (Wildman–Crippen LogP) is 3.68. The van der Waals surface area contributed by atoms with Crippen LogP contribution in [0, 0.1) is 4.77 Å². The summed E-state index contributed by atoms with van der Waals surface area (Å²) in [6, 6.07) is -0.224. The van der Waals surface area contributed by atoms with E-state index in [9.17, 15) is 22.8 Å². The van der Waals surface area contributed by atoms with Crippen LogP contribution in [0.4, 0.5) is 13.2 Å². The minimum Gasteiger partial charge on any atom is -0.376 e. The van der Waals surface area contributed by atoms with Crippen LogP contribution in [0.2, 0.25) is 0 Å². The van der Waals surface area contributed by atoms with Gasteiger partial charge in [-0.3, -0.25) is 9.55 Å². The molecule has 2 fully saturated rings. The van der Waals surface area contributed by atoms with Gasteiger partial charge in [0.2, 0.25) is 0 Å². The highest BCUT2D eigenvalue weighted by Gasteiger charge is 2.38. The summed E-state index contributed by atoms with van der Waals surface area (Å²) in [7, 11) is 1.40. The summed E-state index contributed by atoms with van der Waals surface area (Å²) in [5, 5.41) is -0.406. The van der Waals surface area contributed by atoms with Crippen LogP contribution in [0.15, 0.2) is 9.59 Å². The van der Waals surface area contributed by atoms with E-state index in [1.165, 1.54) is 11.6 Å². The molecule has 0 aliphatic heterocycles. The number of nitrogens with one attached hydrogen (secondary N) is 1. The monoisotopic (exact) mass is 483 g/mol. The third-order valence-electron chi connectivity index (χ3n) is 5.97. The van der Waals surface area contributed by atoms with E-state index in [4.69, 9.17) is 21.7 Å². The average molecular weight is 484 g/mol. The maximum atomic E-state index is 12.6. The number of hydrogen-bond donors (Lipinski definition) is 1. The Bertz CT molecular complexity index is 922. The Balaban J connectivity index is 1.64. The largest absolute Gasteiger partial charge is 0.442 e. The van der Waals surface area contributed by atoms with Crippen molar-refractivity contribution in [3.8, 4) is 0 Å². The summed E-state index contributed by atoms with van der Waals surface area (Å²) < 4.78 is 52.5. The van der Waals surface area contributed by atoms with Gasteiger partial charge in [-0.1, -0.05) is 0 Å². The second-order valence-electron chi connectivity index (χ2n) is 8.04. The van der Waals surface area contributed by atoms with E-state index < -0.39 is 22.1 Å². The molecule has 12 heteroatoms. The van der Waals surface area contributed by atoms with E-state index in [1.807, 2.05) is 6.92 Å². The van der Waals surface area contributed by atoms with Crippen LogP contribution in [0.3, 0.4) is 0 Å². The fourth-order valence-corrected chi connectivity index (χ4v) is 5.68. The van der Waals surface area contributed by atoms with Crippen LogP contribution >= 0.6 is 24.0 Å². The highest BCUT2D eigenvalue weighted by Crippen LogP contribution is 2.41. The van der Waals surface area contributed by atoms with E-state index in [0.717, 1.165) is 4.57 Å². The molecule has 2 saturated carbocycles. The molecule has 31 heavy (non-hydrogen) atoms. The zero-order chi connectivity index (χ0) is 22.8. The van der Waals surface area contributed by atoms with Gasteiger partial charge in [0.15, 0.2) is 4.77 Å². The first kappa shape index (κ1) is 24.5. The van der Waals surface area contributed by atoms with Crippen molar-refractivity contribution in [2.75, 3.05) is 6.61 Å². The molecule has 3 rings (SSSR count). The van der Waals surface area contributed by atoms with E-state index in [-0.39, 0.29) is 40.9 Å². The van der Waals surface area contributed by atoms with Crippen molar-refractivity contribution in [2.24, 2.45) is 7.05 Å². The molecule has 176 valence electrons. The van der Waals surface area contributed by atoms with Crippen LogP contribution in [0.1, 0.15) is 57.9 Å². The zero-order valence-corrected chi connectivity index (χ0v) is 19.2. The highest BCUT2D eigenvalue weighted by molar-refractivity contribution is 8.00. The second kappa shape index (κ2) is 10.2. The number of hydrogen-bond acceptors (Lipinski definition) is 6. The highest BCUT2D eigenvalue weighted by atomic mass is 32.2. The molecule has 2 aliphatic carbocycles. The van der Waals surface area contributed by atoms with Gasteiger partial charge < -0.3 is 9.47 Å². The summed E-state index contributed by atoms with van der Waals surface area (Å²) in [5.74, 6) is 0. The molecule has 0 spiro atoms. The van der Waals surface area contributed by atoms with Crippen molar-refractivity contribution in [2.45, 2.75) is 87.0 Å². The van der Waals surface area contributed by atoms with Crippen molar-refractivity contribution >= 4 is 24.0 Å². The van der Waals surface area contributed by atoms with Gasteiger partial charge in [0.25, 0.3) is 0 Å². The molecule has 3 unspecified atom stereocenters. The summed E-state index contributed by atoms with van der Waals surface area (Å²) >= 11 is 5.31. The Morgan fingerprint density at radius 3 is 2.42 bits per heavy atom. The molecule has 1 N–H and O–H groups in total. The van der Waals surface area contributed by atoms with Crippen LogP contribution in [0.25, 0.3) is 0 Å². The summed E-state index contributed by atoms with van der Waals surface area (Å²) in [4.78, 5) is 26.9. The molecule has 0 radical (unpaired) electrons. The molecule has 7 nitrogen and oxygen atoms in total. The Labute approximate surface area is 187 Å². The van der Waals surface area contributed by atoms with Crippen LogP contribution in [-0.4, -0.2) is 49.8 Å². The van der Waals surface area contributed by atoms with Crippen molar-refractivity contribution in [3.05, 3.63) is 25.7 Å². The summed E-state index contributed by atoms with van der Waals surface area (Å²) in [6.07, 6.45) is 3.39. The van der Waals surface area contributed by atoms with E-state index in [1.54, 1.807) is 0 Å². The standard InChI is InChI=1S/C19H28F3N3O4S2/c1-3-28-15-10-11(25-17(30)23-16(26)24(2)18(25)27)4-9-14(15)29-12-5-7-13(8-6-12)31-19(20,21)22/h11-15H,3-10H2,1-2H3,(H,23,26,30). The minimum absolute atomic E-state index is 0.0855. The zero-order valence-electron chi connectivity index (χ0n) is 17.5. The first-order valence-electron chi connectivity index (χ1n) is 10.5. The molecule has 0 bridgehead atoms. The Morgan fingerprint density at radius 1 is 1.13 bits per heavy atom. The van der Waals surface area contributed by atoms with Gasteiger partial charge in [-0.25, -0.2) is 14.2 Å². The molecule has 1 aromatic rings. The number of ether oxygens (including phenoxy) is 2. The number of halogens is 3. The fraction of sp³-hybridized carbons (Fsp3) is 0.842. The number of aromatic nitrogens is 3. The number of aromatic amines is 1. The van der Waals surface area contributed by atoms with E-state index in [2.05, 4.69) is 4.98 Å². The smallest absolute Gasteiger partial charge is 0.376 e. The number of H-pyrrole nitrogens is 1. The van der Waals surface area contributed by atoms with Crippen molar-refractivity contribution in [1.29, 1.82) is 0 Å². The van der Waals surface area contributed by atoms with Gasteiger partial charge in [-0.05, 0) is 75.8 Å². The molecule has 3 atom stereocenters. The number of nitrogens with zero attached hydrogens (tertiary/aromatic N) is 2. The maximum Gasteiger partial charge on any atom is 0.442 e. The average Bonchev–Trinajstić information content (AvgIpc) is 2.68. The first-order valence-corrected chi connectivity index (χ1v) is 11.8. The number of thioether (sulfide) groups is 1. The molecule has 0 saturated heterocycles. The van der Waals surface area contributed by atoms with Gasteiger partial charge in [0.05, 0.1) is 18.3 Å². The molecule has 0 amide bonds.